The Balaban J connectivity index is 1.49. The van der Waals surface area contributed by atoms with Crippen LogP contribution in [0.5, 0.6) is 0 Å². The van der Waals surface area contributed by atoms with Gasteiger partial charge in [0.25, 0.3) is 0 Å². The molecule has 0 aromatic heterocycles. The van der Waals surface area contributed by atoms with Gasteiger partial charge in [-0.15, -0.1) is 0 Å². The normalized spacial score (nSPS) is 43.7. The number of fused-ring (bicyclic) bond motifs is 5. The average molecular weight is 489 g/mol. The number of carbonyl (C=O) groups is 1. The Labute approximate surface area is 212 Å². The van der Waals surface area contributed by atoms with Gasteiger partial charge in [0, 0.05) is 18.4 Å². The molecule has 34 heavy (non-hydrogen) atoms. The minimum Gasteiger partial charge on any atom is -0.414 e. The van der Waals surface area contributed by atoms with E-state index in [9.17, 15) is 4.79 Å². The van der Waals surface area contributed by atoms with Gasteiger partial charge in [0.1, 0.15) is 5.78 Å². The molecule has 0 N–H and O–H groups in total. The predicted molar refractivity (Wildman–Crippen MR) is 146 cm³/mol. The molecule has 4 rings (SSSR count). The molecule has 3 heteroatoms. The van der Waals surface area contributed by atoms with Gasteiger partial charge in [-0.05, 0) is 103 Å². The van der Waals surface area contributed by atoms with Gasteiger partial charge in [-0.3, -0.25) is 4.79 Å². The van der Waals surface area contributed by atoms with Crippen LogP contribution in [0, 0.1) is 46.3 Å². The van der Waals surface area contributed by atoms with E-state index in [4.69, 9.17) is 4.43 Å². The highest BCUT2D eigenvalue weighted by atomic mass is 28.4. The number of rotatable bonds is 6. The zero-order chi connectivity index (χ0) is 25.1. The van der Waals surface area contributed by atoms with Crippen LogP contribution in [0.4, 0.5) is 0 Å². The van der Waals surface area contributed by atoms with Gasteiger partial charge in [-0.1, -0.05) is 67.7 Å². The molecule has 4 aliphatic carbocycles. The first-order chi connectivity index (χ1) is 15.7. The first-order valence-corrected chi connectivity index (χ1v) is 17.9. The van der Waals surface area contributed by atoms with Gasteiger partial charge in [0.15, 0.2) is 8.32 Å². The van der Waals surface area contributed by atoms with Gasteiger partial charge in [-0.2, -0.15) is 0 Å². The van der Waals surface area contributed by atoms with Crippen LogP contribution in [0.25, 0.3) is 0 Å². The lowest BCUT2D eigenvalue weighted by molar-refractivity contribution is -0.145. The van der Waals surface area contributed by atoms with Crippen LogP contribution >= 0.6 is 0 Å². The summed E-state index contributed by atoms with van der Waals surface area (Å²) in [4.78, 5) is 13.6. The Morgan fingerprint density at radius 1 is 1.06 bits per heavy atom. The molecule has 0 aliphatic heterocycles. The summed E-state index contributed by atoms with van der Waals surface area (Å²) in [5, 5.41) is 0.285. The molecule has 0 heterocycles. The molecule has 0 amide bonds. The maximum Gasteiger partial charge on any atom is 0.192 e. The largest absolute Gasteiger partial charge is 0.414 e. The van der Waals surface area contributed by atoms with Crippen molar-refractivity contribution in [3.8, 4) is 0 Å². The number of unbranched alkanes of at least 4 members (excludes halogenated alkanes) is 1. The Kier molecular flexibility index (Phi) is 7.36. The van der Waals surface area contributed by atoms with Crippen molar-refractivity contribution in [2.45, 2.75) is 143 Å². The number of hydrogen-bond donors (Lipinski definition) is 0. The summed E-state index contributed by atoms with van der Waals surface area (Å²) < 4.78 is 6.93. The van der Waals surface area contributed by atoms with E-state index in [0.717, 1.165) is 18.3 Å². The Morgan fingerprint density at radius 2 is 1.74 bits per heavy atom. The molecule has 4 saturated carbocycles. The number of carbonyl (C=O) groups excluding carboxylic acids is 1. The van der Waals surface area contributed by atoms with Crippen molar-refractivity contribution >= 4 is 14.1 Å². The number of Topliss-reactive ketones (excluding diaryl/α,β-unsaturated/α-hetero) is 1. The monoisotopic (exact) mass is 488 g/mol. The fourth-order valence-corrected chi connectivity index (χ4v) is 10.7. The maximum atomic E-state index is 13.6. The van der Waals surface area contributed by atoms with E-state index in [-0.39, 0.29) is 10.5 Å². The molecule has 0 spiro atoms. The number of hydrogen-bond acceptors (Lipinski definition) is 2. The minimum absolute atomic E-state index is 0.261. The van der Waals surface area contributed by atoms with Crippen molar-refractivity contribution in [1.82, 2.24) is 0 Å². The summed E-state index contributed by atoms with van der Waals surface area (Å²) in [6, 6.07) is 0. The Bertz CT molecular complexity index is 753. The third kappa shape index (κ3) is 4.42. The molecule has 0 bridgehead atoms. The van der Waals surface area contributed by atoms with Crippen molar-refractivity contribution in [2.24, 2.45) is 46.3 Å². The quantitative estimate of drug-likeness (QED) is 0.348. The molecule has 2 nitrogen and oxygen atoms in total. The van der Waals surface area contributed by atoms with Gasteiger partial charge >= 0.3 is 0 Å². The van der Waals surface area contributed by atoms with Crippen molar-refractivity contribution in [3.05, 3.63) is 0 Å². The van der Waals surface area contributed by atoms with E-state index in [1.54, 1.807) is 0 Å². The molecule has 0 aromatic carbocycles. The molecule has 0 saturated heterocycles. The van der Waals surface area contributed by atoms with Gasteiger partial charge in [-0.25, -0.2) is 0 Å². The van der Waals surface area contributed by atoms with Crippen molar-refractivity contribution < 1.29 is 9.22 Å². The standard InChI is InChI=1S/C31H56O2Si/c1-10-11-12-21(2)26-20-27(32)28-24-14-13-22-19-23(33-34(8,9)29(3,4)5)15-17-30(22,6)25(24)16-18-31(26,28)7/h21-26,28H,10-20H2,1-9H3/t21-,22+,23+,24-,25+,26-,28-,30+,31-/m1/s1. The predicted octanol–water partition coefficient (Wildman–Crippen LogP) is 9.04. The highest BCUT2D eigenvalue weighted by molar-refractivity contribution is 6.74. The highest BCUT2D eigenvalue weighted by Crippen LogP contribution is 2.67. The zero-order valence-corrected chi connectivity index (χ0v) is 25.1. The van der Waals surface area contributed by atoms with Crippen LogP contribution in [0.2, 0.25) is 18.1 Å². The van der Waals surface area contributed by atoms with Crippen LogP contribution in [0.3, 0.4) is 0 Å². The van der Waals surface area contributed by atoms with E-state index in [2.05, 4.69) is 61.6 Å². The van der Waals surface area contributed by atoms with Gasteiger partial charge in [0.05, 0.1) is 0 Å². The second-order valence-electron chi connectivity index (χ2n) is 15.2. The van der Waals surface area contributed by atoms with Crippen molar-refractivity contribution in [2.75, 3.05) is 0 Å². The molecule has 196 valence electrons. The second-order valence-corrected chi connectivity index (χ2v) is 20.0. The van der Waals surface area contributed by atoms with Crippen molar-refractivity contribution in [1.29, 1.82) is 0 Å². The molecule has 0 unspecified atom stereocenters. The van der Waals surface area contributed by atoms with Crippen LogP contribution in [-0.4, -0.2) is 20.2 Å². The van der Waals surface area contributed by atoms with E-state index in [1.165, 1.54) is 64.2 Å². The Hall–Kier alpha value is -0.153. The SMILES string of the molecule is CCCC[C@@H](C)[C@H]1CC(=O)[C@H]2[C@@H]3CC[C@H]4C[C@@H](O[Si](C)(C)C(C)(C)C)CC[C@]4(C)[C@H]3CC[C@]12C. The van der Waals surface area contributed by atoms with E-state index >= 15 is 0 Å². The lowest BCUT2D eigenvalue weighted by Crippen LogP contribution is -2.56. The Morgan fingerprint density at radius 3 is 2.38 bits per heavy atom. The van der Waals surface area contributed by atoms with Gasteiger partial charge in [0.2, 0.25) is 0 Å². The lowest BCUT2D eigenvalue weighted by Gasteiger charge is -2.61. The first-order valence-electron chi connectivity index (χ1n) is 14.9. The fourth-order valence-electron chi connectivity index (χ4n) is 9.33. The molecule has 4 aliphatic rings. The molecule has 0 aromatic rings. The summed E-state index contributed by atoms with van der Waals surface area (Å²) >= 11 is 0. The second kappa shape index (κ2) is 9.30. The molecule has 4 fully saturated rings. The number of ketones is 1. The maximum absolute atomic E-state index is 13.6. The summed E-state index contributed by atoms with van der Waals surface area (Å²) in [5.74, 6) is 4.50. The minimum atomic E-state index is -1.72. The van der Waals surface area contributed by atoms with Crippen LogP contribution in [0.1, 0.15) is 119 Å². The third-order valence-electron chi connectivity index (χ3n) is 12.4. The van der Waals surface area contributed by atoms with Crippen LogP contribution in [-0.2, 0) is 9.22 Å². The van der Waals surface area contributed by atoms with E-state index < -0.39 is 8.32 Å². The highest BCUT2D eigenvalue weighted by Gasteiger charge is 2.63. The van der Waals surface area contributed by atoms with Crippen LogP contribution in [0.15, 0.2) is 0 Å². The van der Waals surface area contributed by atoms with Crippen molar-refractivity contribution in [3.63, 3.8) is 0 Å². The first kappa shape index (κ1) is 26.9. The topological polar surface area (TPSA) is 26.3 Å². The summed E-state index contributed by atoms with van der Waals surface area (Å²) in [7, 11) is -1.72. The molecule has 9 atom stereocenters. The third-order valence-corrected chi connectivity index (χ3v) is 16.9. The molecular weight excluding hydrogens is 432 g/mol. The van der Waals surface area contributed by atoms with E-state index in [1.807, 2.05) is 0 Å². The molecular formula is C31H56O2Si. The van der Waals surface area contributed by atoms with Gasteiger partial charge < -0.3 is 4.43 Å². The smallest absolute Gasteiger partial charge is 0.192 e. The molecule has 0 radical (unpaired) electrons. The zero-order valence-electron chi connectivity index (χ0n) is 24.1. The summed E-state index contributed by atoms with van der Waals surface area (Å²) in [6.45, 7) is 21.8. The average Bonchev–Trinajstić information content (AvgIpc) is 3.02. The van der Waals surface area contributed by atoms with E-state index in [0.29, 0.717) is 41.0 Å². The lowest BCUT2D eigenvalue weighted by atomic mass is 9.44. The fraction of sp³-hybridized carbons (Fsp3) is 0.968. The summed E-state index contributed by atoms with van der Waals surface area (Å²) in [6.07, 6.45) is 14.3. The summed E-state index contributed by atoms with van der Waals surface area (Å²) in [5.41, 5.74) is 0.682. The van der Waals surface area contributed by atoms with Crippen LogP contribution < -0.4 is 0 Å².